The molecule has 5 nitrogen and oxygen atoms in total. The fraction of sp³-hybridized carbons (Fsp3) is 0.571. The highest BCUT2D eigenvalue weighted by Crippen LogP contribution is 2.22. The lowest BCUT2D eigenvalue weighted by Crippen LogP contribution is -2.46. The maximum atomic E-state index is 12.3. The Kier molecular flexibility index (Phi) is 3.75. The fourth-order valence-electron chi connectivity index (χ4n) is 2.04. The third kappa shape index (κ3) is 3.04. The zero-order valence-corrected chi connectivity index (χ0v) is 11.7. The van der Waals surface area contributed by atoms with Crippen LogP contribution in [-0.4, -0.2) is 37.1 Å². The molecule has 0 bridgehead atoms. The summed E-state index contributed by atoms with van der Waals surface area (Å²) in [5.74, 6) is -0.218. The van der Waals surface area contributed by atoms with Crippen molar-refractivity contribution in [2.45, 2.75) is 26.2 Å². The monoisotopic (exact) mass is 264 g/mol. The van der Waals surface area contributed by atoms with Gasteiger partial charge in [-0.05, 0) is 11.0 Å². The number of pyridine rings is 1. The Labute approximate surface area is 113 Å². The van der Waals surface area contributed by atoms with Gasteiger partial charge in [-0.2, -0.15) is 4.73 Å². The van der Waals surface area contributed by atoms with Crippen molar-refractivity contribution >= 4 is 5.91 Å². The van der Waals surface area contributed by atoms with E-state index in [9.17, 15) is 10.0 Å². The van der Waals surface area contributed by atoms with E-state index in [-0.39, 0.29) is 17.0 Å². The highest BCUT2D eigenvalue weighted by molar-refractivity contribution is 5.91. The molecule has 0 unspecified atom stereocenters. The molecule has 0 atom stereocenters. The number of amides is 1. The van der Waals surface area contributed by atoms with Crippen molar-refractivity contribution in [2.24, 2.45) is 0 Å². The molecule has 104 valence electrons. The van der Waals surface area contributed by atoms with Crippen molar-refractivity contribution in [3.63, 3.8) is 0 Å². The van der Waals surface area contributed by atoms with Gasteiger partial charge in [0.25, 0.3) is 5.69 Å². The molecule has 1 saturated heterocycles. The van der Waals surface area contributed by atoms with Gasteiger partial charge in [-0.3, -0.25) is 4.79 Å². The Balaban J connectivity index is 2.30. The second-order valence-corrected chi connectivity index (χ2v) is 5.78. The van der Waals surface area contributed by atoms with Crippen LogP contribution in [0.3, 0.4) is 0 Å². The summed E-state index contributed by atoms with van der Waals surface area (Å²) in [5.41, 5.74) is 1.08. The zero-order chi connectivity index (χ0) is 14.0. The summed E-state index contributed by atoms with van der Waals surface area (Å²) in [6.45, 7) is 8.31. The molecular weight excluding hydrogens is 244 g/mol. The smallest absolute Gasteiger partial charge is 0.320 e. The van der Waals surface area contributed by atoms with E-state index in [0.29, 0.717) is 31.0 Å². The molecule has 2 rings (SSSR count). The molecule has 0 saturated carbocycles. The number of hydrogen-bond acceptors (Lipinski definition) is 3. The maximum absolute atomic E-state index is 12.3. The second kappa shape index (κ2) is 5.17. The lowest BCUT2D eigenvalue weighted by atomic mass is 9.87. The first-order chi connectivity index (χ1) is 8.89. The maximum Gasteiger partial charge on any atom is 0.320 e. The topological polar surface area (TPSA) is 56.5 Å². The molecule has 1 aromatic heterocycles. The predicted octanol–water partition coefficient (Wildman–Crippen LogP) is 1.09. The molecule has 0 aromatic carbocycles. The Bertz CT molecular complexity index is 474. The third-order valence-corrected chi connectivity index (χ3v) is 3.30. The van der Waals surface area contributed by atoms with E-state index < -0.39 is 0 Å². The molecule has 1 fully saturated rings. The highest BCUT2D eigenvalue weighted by atomic mass is 16.5. The molecule has 0 radical (unpaired) electrons. The first kappa shape index (κ1) is 13.8. The average Bonchev–Trinajstić information content (AvgIpc) is 2.38. The zero-order valence-electron chi connectivity index (χ0n) is 11.7. The van der Waals surface area contributed by atoms with Gasteiger partial charge in [0.2, 0.25) is 0 Å². The van der Waals surface area contributed by atoms with Gasteiger partial charge in [-0.15, -0.1) is 0 Å². The molecule has 19 heavy (non-hydrogen) atoms. The van der Waals surface area contributed by atoms with E-state index in [4.69, 9.17) is 4.74 Å². The summed E-state index contributed by atoms with van der Waals surface area (Å²) < 4.78 is 5.86. The highest BCUT2D eigenvalue weighted by Gasteiger charge is 2.27. The van der Waals surface area contributed by atoms with Crippen molar-refractivity contribution in [2.75, 3.05) is 26.3 Å². The Morgan fingerprint density at radius 2 is 2.00 bits per heavy atom. The van der Waals surface area contributed by atoms with Crippen LogP contribution < -0.4 is 4.73 Å². The molecule has 5 heteroatoms. The summed E-state index contributed by atoms with van der Waals surface area (Å²) in [6.07, 6.45) is 1.41. The molecule has 0 N–H and O–H groups in total. The fourth-order valence-corrected chi connectivity index (χ4v) is 2.04. The van der Waals surface area contributed by atoms with Gasteiger partial charge in [0, 0.05) is 25.2 Å². The van der Waals surface area contributed by atoms with E-state index in [1.165, 1.54) is 6.20 Å². The van der Waals surface area contributed by atoms with Crippen molar-refractivity contribution in [3.05, 3.63) is 34.8 Å². The van der Waals surface area contributed by atoms with Gasteiger partial charge in [0.05, 0.1) is 13.2 Å². The molecule has 1 amide bonds. The Morgan fingerprint density at radius 1 is 1.37 bits per heavy atom. The van der Waals surface area contributed by atoms with Crippen LogP contribution in [0.1, 0.15) is 36.8 Å². The third-order valence-electron chi connectivity index (χ3n) is 3.30. The lowest BCUT2D eigenvalue weighted by molar-refractivity contribution is -0.608. The number of carbonyl (C=O) groups excluding carboxylic acids is 1. The minimum Gasteiger partial charge on any atom is -0.618 e. The van der Waals surface area contributed by atoms with Gasteiger partial charge >= 0.3 is 5.91 Å². The Morgan fingerprint density at radius 3 is 2.58 bits per heavy atom. The van der Waals surface area contributed by atoms with Crippen LogP contribution in [0, 0.1) is 5.21 Å². The number of ether oxygens (including phenoxy) is 1. The van der Waals surface area contributed by atoms with Crippen LogP contribution in [0.2, 0.25) is 0 Å². The second-order valence-electron chi connectivity index (χ2n) is 5.78. The van der Waals surface area contributed by atoms with Gasteiger partial charge in [0.15, 0.2) is 6.20 Å². The van der Waals surface area contributed by atoms with E-state index in [1.807, 2.05) is 0 Å². The number of aromatic nitrogens is 1. The SMILES string of the molecule is CC(C)(C)c1cc[n+]([O-])c(C(=O)N2CCOCC2)c1. The van der Waals surface area contributed by atoms with Crippen molar-refractivity contribution < 1.29 is 14.3 Å². The van der Waals surface area contributed by atoms with Crippen LogP contribution >= 0.6 is 0 Å². The van der Waals surface area contributed by atoms with Crippen LogP contribution in [0.4, 0.5) is 0 Å². The van der Waals surface area contributed by atoms with Crippen LogP contribution in [0.25, 0.3) is 0 Å². The normalized spacial score (nSPS) is 16.5. The van der Waals surface area contributed by atoms with Gasteiger partial charge in [0.1, 0.15) is 0 Å². The molecular formula is C14H20N2O3. The Hall–Kier alpha value is -1.62. The molecule has 0 spiro atoms. The number of rotatable bonds is 1. The largest absolute Gasteiger partial charge is 0.618 e. The van der Waals surface area contributed by atoms with Crippen LogP contribution in [0.5, 0.6) is 0 Å². The van der Waals surface area contributed by atoms with E-state index in [0.717, 1.165) is 5.56 Å². The van der Waals surface area contributed by atoms with E-state index in [1.54, 1.807) is 17.0 Å². The molecule has 2 heterocycles. The van der Waals surface area contributed by atoms with Gasteiger partial charge < -0.3 is 14.8 Å². The number of nitrogens with zero attached hydrogens (tertiary/aromatic N) is 2. The summed E-state index contributed by atoms with van der Waals surface area (Å²) in [7, 11) is 0. The van der Waals surface area contributed by atoms with Crippen molar-refractivity contribution in [3.8, 4) is 0 Å². The lowest BCUT2D eigenvalue weighted by Gasteiger charge is -2.26. The van der Waals surface area contributed by atoms with Crippen molar-refractivity contribution in [1.82, 2.24) is 4.90 Å². The van der Waals surface area contributed by atoms with Crippen LogP contribution in [0.15, 0.2) is 18.3 Å². The van der Waals surface area contributed by atoms with Crippen molar-refractivity contribution in [1.29, 1.82) is 0 Å². The predicted molar refractivity (Wildman–Crippen MR) is 70.8 cm³/mol. The van der Waals surface area contributed by atoms with E-state index >= 15 is 0 Å². The molecule has 1 aromatic rings. The summed E-state index contributed by atoms with van der Waals surface area (Å²) in [4.78, 5) is 14.0. The van der Waals surface area contributed by atoms with Gasteiger partial charge in [-0.25, -0.2) is 0 Å². The van der Waals surface area contributed by atoms with E-state index in [2.05, 4.69) is 20.8 Å². The first-order valence-electron chi connectivity index (χ1n) is 6.50. The van der Waals surface area contributed by atoms with Crippen LogP contribution in [-0.2, 0) is 10.2 Å². The summed E-state index contributed by atoms with van der Waals surface area (Å²) >= 11 is 0. The minimum absolute atomic E-state index is 0.0890. The number of morpholine rings is 1. The quantitative estimate of drug-likeness (QED) is 0.563. The minimum atomic E-state index is -0.218. The van der Waals surface area contributed by atoms with Gasteiger partial charge in [-0.1, -0.05) is 20.8 Å². The number of hydrogen-bond donors (Lipinski definition) is 0. The molecule has 0 aliphatic carbocycles. The standard InChI is InChI=1S/C14H20N2O3/c1-14(2,3)11-4-5-16(18)12(10-11)13(17)15-6-8-19-9-7-15/h4-5,10H,6-9H2,1-3H3. The summed E-state index contributed by atoms with van der Waals surface area (Å²) in [6, 6.07) is 3.47. The average molecular weight is 264 g/mol. The molecule has 1 aliphatic rings. The first-order valence-corrected chi connectivity index (χ1v) is 6.50. The summed E-state index contributed by atoms with van der Waals surface area (Å²) in [5, 5.41) is 11.8. The number of carbonyl (C=O) groups is 1. The molecule has 1 aliphatic heterocycles.